The zero-order valence-corrected chi connectivity index (χ0v) is 16.4. The molecule has 2 aliphatic heterocycles. The van der Waals surface area contributed by atoms with Crippen LogP contribution in [0, 0.1) is 0 Å². The molecule has 3 rings (SSSR count). The normalized spacial score (nSPS) is 19.5. The van der Waals surface area contributed by atoms with Crippen LogP contribution in [-0.2, 0) is 16.0 Å². The molecule has 0 aliphatic carbocycles. The molecule has 1 aromatic carbocycles. The molecular formula is C21H31N3O3. The number of nitrogens with zero attached hydrogens (tertiary/aromatic N) is 2. The fraction of sp³-hybridized carbons (Fsp3) is 0.619. The molecule has 1 spiro atoms. The lowest BCUT2D eigenvalue weighted by molar-refractivity contribution is -0.122. The SMILES string of the molecule is CC(C)NC(=O)CCN1CCC2(CC1)CN(CCc1ccccc1)C(=O)O2. The summed E-state index contributed by atoms with van der Waals surface area (Å²) in [6.45, 7) is 7.83. The van der Waals surface area contributed by atoms with E-state index in [1.54, 1.807) is 0 Å². The number of carbonyl (C=O) groups is 2. The van der Waals surface area contributed by atoms with Gasteiger partial charge in [0.2, 0.25) is 5.91 Å². The predicted octanol–water partition coefficient (Wildman–Crippen LogP) is 2.43. The molecule has 0 aromatic heterocycles. The molecule has 27 heavy (non-hydrogen) atoms. The van der Waals surface area contributed by atoms with Gasteiger partial charge in [0.25, 0.3) is 0 Å². The van der Waals surface area contributed by atoms with Crippen molar-refractivity contribution >= 4 is 12.0 Å². The Morgan fingerprint density at radius 1 is 1.19 bits per heavy atom. The maximum Gasteiger partial charge on any atom is 0.410 e. The fourth-order valence-electron chi connectivity index (χ4n) is 3.87. The van der Waals surface area contributed by atoms with Gasteiger partial charge >= 0.3 is 6.09 Å². The Morgan fingerprint density at radius 2 is 1.89 bits per heavy atom. The molecule has 148 valence electrons. The third-order valence-corrected chi connectivity index (χ3v) is 5.43. The maximum atomic E-state index is 12.3. The van der Waals surface area contributed by atoms with Crippen molar-refractivity contribution in [1.29, 1.82) is 0 Å². The van der Waals surface area contributed by atoms with E-state index in [0.717, 1.165) is 38.9 Å². The Balaban J connectivity index is 1.43. The minimum Gasteiger partial charge on any atom is -0.441 e. The molecule has 0 unspecified atom stereocenters. The van der Waals surface area contributed by atoms with Crippen LogP contribution in [0.5, 0.6) is 0 Å². The summed E-state index contributed by atoms with van der Waals surface area (Å²) < 4.78 is 5.80. The Kier molecular flexibility index (Phi) is 6.37. The van der Waals surface area contributed by atoms with E-state index in [0.29, 0.717) is 19.5 Å². The van der Waals surface area contributed by atoms with Gasteiger partial charge in [-0.3, -0.25) is 4.79 Å². The van der Waals surface area contributed by atoms with Gasteiger partial charge in [0, 0.05) is 51.5 Å². The fourth-order valence-corrected chi connectivity index (χ4v) is 3.87. The number of hydrogen-bond acceptors (Lipinski definition) is 4. The van der Waals surface area contributed by atoms with E-state index in [1.807, 2.05) is 36.9 Å². The van der Waals surface area contributed by atoms with Gasteiger partial charge in [0.15, 0.2) is 0 Å². The summed E-state index contributed by atoms with van der Waals surface area (Å²) in [6, 6.07) is 10.4. The van der Waals surface area contributed by atoms with Gasteiger partial charge in [-0.2, -0.15) is 0 Å². The number of carbonyl (C=O) groups excluding carboxylic acids is 2. The lowest BCUT2D eigenvalue weighted by Gasteiger charge is -2.37. The van der Waals surface area contributed by atoms with Gasteiger partial charge in [-0.15, -0.1) is 0 Å². The molecule has 1 N–H and O–H groups in total. The number of amides is 2. The molecular weight excluding hydrogens is 342 g/mol. The summed E-state index contributed by atoms with van der Waals surface area (Å²) in [5.41, 5.74) is 0.894. The quantitative estimate of drug-likeness (QED) is 0.797. The standard InChI is InChI=1S/C21H31N3O3/c1-17(2)22-19(25)9-12-23-14-10-21(11-15-23)16-24(20(26)27-21)13-8-18-6-4-3-5-7-18/h3-7,17H,8-16H2,1-2H3,(H,22,25). The number of nitrogens with one attached hydrogen (secondary N) is 1. The van der Waals surface area contributed by atoms with Crippen molar-refractivity contribution in [1.82, 2.24) is 15.1 Å². The highest BCUT2D eigenvalue weighted by atomic mass is 16.6. The highest BCUT2D eigenvalue weighted by Crippen LogP contribution is 2.33. The number of hydrogen-bond donors (Lipinski definition) is 1. The summed E-state index contributed by atoms with van der Waals surface area (Å²) in [6.07, 6.45) is 2.87. The molecule has 1 aromatic rings. The summed E-state index contributed by atoms with van der Waals surface area (Å²) in [7, 11) is 0. The van der Waals surface area contributed by atoms with Crippen LogP contribution in [0.4, 0.5) is 4.79 Å². The van der Waals surface area contributed by atoms with Crippen LogP contribution in [0.1, 0.15) is 38.7 Å². The lowest BCUT2D eigenvalue weighted by Crippen LogP contribution is -2.47. The third-order valence-electron chi connectivity index (χ3n) is 5.43. The van der Waals surface area contributed by atoms with E-state index in [4.69, 9.17) is 4.74 Å². The second-order valence-electron chi connectivity index (χ2n) is 8.02. The zero-order valence-electron chi connectivity index (χ0n) is 16.4. The maximum absolute atomic E-state index is 12.3. The smallest absolute Gasteiger partial charge is 0.410 e. The summed E-state index contributed by atoms with van der Waals surface area (Å²) >= 11 is 0. The van der Waals surface area contributed by atoms with Gasteiger partial charge in [-0.25, -0.2) is 4.79 Å². The first-order chi connectivity index (χ1) is 13.0. The van der Waals surface area contributed by atoms with Crippen LogP contribution < -0.4 is 5.32 Å². The van der Waals surface area contributed by atoms with Gasteiger partial charge in [0.05, 0.1) is 6.54 Å². The molecule has 2 aliphatic rings. The topological polar surface area (TPSA) is 61.9 Å². The molecule has 2 saturated heterocycles. The van der Waals surface area contributed by atoms with E-state index >= 15 is 0 Å². The minimum absolute atomic E-state index is 0.102. The second kappa shape index (κ2) is 8.74. The monoisotopic (exact) mass is 373 g/mol. The highest BCUT2D eigenvalue weighted by Gasteiger charge is 2.46. The molecule has 0 atom stereocenters. The van der Waals surface area contributed by atoms with E-state index < -0.39 is 0 Å². The summed E-state index contributed by atoms with van der Waals surface area (Å²) in [5.74, 6) is 0.102. The van der Waals surface area contributed by atoms with Crippen molar-refractivity contribution in [2.45, 2.75) is 51.2 Å². The zero-order chi connectivity index (χ0) is 19.3. The third kappa shape index (κ3) is 5.45. The van der Waals surface area contributed by atoms with Crippen molar-refractivity contribution in [3.8, 4) is 0 Å². The first kappa shape index (κ1) is 19.7. The van der Waals surface area contributed by atoms with Crippen LogP contribution in [0.2, 0.25) is 0 Å². The molecule has 0 radical (unpaired) electrons. The van der Waals surface area contributed by atoms with Crippen molar-refractivity contribution in [3.63, 3.8) is 0 Å². The number of benzene rings is 1. The molecule has 0 bridgehead atoms. The number of piperidine rings is 1. The molecule has 2 fully saturated rings. The van der Waals surface area contributed by atoms with Crippen molar-refractivity contribution in [3.05, 3.63) is 35.9 Å². The second-order valence-corrected chi connectivity index (χ2v) is 8.02. The first-order valence-electron chi connectivity index (χ1n) is 9.99. The van der Waals surface area contributed by atoms with Crippen LogP contribution in [-0.4, -0.2) is 66.2 Å². The van der Waals surface area contributed by atoms with Crippen LogP contribution in [0.3, 0.4) is 0 Å². The van der Waals surface area contributed by atoms with Crippen LogP contribution in [0.15, 0.2) is 30.3 Å². The Labute approximate surface area is 161 Å². The van der Waals surface area contributed by atoms with Crippen molar-refractivity contribution in [2.75, 3.05) is 32.7 Å². The molecule has 6 nitrogen and oxygen atoms in total. The summed E-state index contributed by atoms with van der Waals surface area (Å²) in [4.78, 5) is 28.3. The molecule has 2 heterocycles. The van der Waals surface area contributed by atoms with Gasteiger partial charge in [-0.05, 0) is 25.8 Å². The number of likely N-dealkylation sites (tertiary alicyclic amines) is 1. The molecule has 6 heteroatoms. The van der Waals surface area contributed by atoms with Crippen LogP contribution >= 0.6 is 0 Å². The van der Waals surface area contributed by atoms with Crippen molar-refractivity contribution < 1.29 is 14.3 Å². The van der Waals surface area contributed by atoms with Gasteiger partial charge in [0.1, 0.15) is 5.60 Å². The van der Waals surface area contributed by atoms with E-state index in [2.05, 4.69) is 22.3 Å². The minimum atomic E-state index is -0.343. The van der Waals surface area contributed by atoms with Gasteiger partial charge < -0.3 is 19.9 Å². The lowest BCUT2D eigenvalue weighted by atomic mass is 9.91. The average molecular weight is 373 g/mol. The van der Waals surface area contributed by atoms with Crippen molar-refractivity contribution in [2.24, 2.45) is 0 Å². The van der Waals surface area contributed by atoms with Gasteiger partial charge in [-0.1, -0.05) is 30.3 Å². The Hall–Kier alpha value is -2.08. The van der Waals surface area contributed by atoms with Crippen LogP contribution in [0.25, 0.3) is 0 Å². The molecule has 2 amide bonds. The molecule has 0 saturated carbocycles. The van der Waals surface area contributed by atoms with E-state index in [9.17, 15) is 9.59 Å². The predicted molar refractivity (Wildman–Crippen MR) is 105 cm³/mol. The van der Waals surface area contributed by atoms with E-state index in [-0.39, 0.29) is 23.6 Å². The van der Waals surface area contributed by atoms with E-state index in [1.165, 1.54) is 5.56 Å². The Bertz CT molecular complexity index is 639. The number of rotatable bonds is 7. The largest absolute Gasteiger partial charge is 0.441 e. The summed E-state index contributed by atoms with van der Waals surface area (Å²) in [5, 5.41) is 2.93. The average Bonchev–Trinajstić information content (AvgIpc) is 2.95. The highest BCUT2D eigenvalue weighted by molar-refractivity contribution is 5.76. The first-order valence-corrected chi connectivity index (χ1v) is 9.99. The number of ether oxygens (including phenoxy) is 1. The Morgan fingerprint density at radius 3 is 2.56 bits per heavy atom.